The van der Waals surface area contributed by atoms with Crippen molar-refractivity contribution >= 4 is 40.7 Å². The molecule has 0 saturated carbocycles. The van der Waals surface area contributed by atoms with E-state index in [-0.39, 0.29) is 22.9 Å². The lowest BCUT2D eigenvalue weighted by Crippen LogP contribution is -2.23. The van der Waals surface area contributed by atoms with Crippen LogP contribution in [-0.2, 0) is 9.59 Å². The Labute approximate surface area is 281 Å². The zero-order chi connectivity index (χ0) is 34.2. The standard InChI is InChI=1S/C40H29N3O6/c44-37(25-22-33-21-24-36(49-33)27-16-19-32(20-17-27)43(47)48)41-31-18-23-35(34(26-31)39(45)30-14-8-3-9-15-30)42-40(46)38(28-10-4-1-5-11-28)29-12-6-2-7-13-29/h1-26,38H,(H,41,44)(H,42,46)/b25-22+. The van der Waals surface area contributed by atoms with Crippen LogP contribution in [-0.4, -0.2) is 22.5 Å². The van der Waals surface area contributed by atoms with E-state index in [1.165, 1.54) is 30.4 Å². The second kappa shape index (κ2) is 14.7. The molecule has 0 unspecified atom stereocenters. The van der Waals surface area contributed by atoms with Gasteiger partial charge in [0.15, 0.2) is 5.78 Å². The molecular weight excluding hydrogens is 618 g/mol. The Bertz CT molecular complexity index is 2100. The lowest BCUT2D eigenvalue weighted by molar-refractivity contribution is -0.384. The summed E-state index contributed by atoms with van der Waals surface area (Å²) in [6, 6.07) is 41.6. The number of nitro groups is 1. The zero-order valence-electron chi connectivity index (χ0n) is 26.0. The monoisotopic (exact) mass is 647 g/mol. The van der Waals surface area contributed by atoms with Crippen molar-refractivity contribution in [1.82, 2.24) is 0 Å². The molecule has 0 bridgehead atoms. The Hall–Kier alpha value is -6.87. The number of carbonyl (C=O) groups is 3. The van der Waals surface area contributed by atoms with E-state index >= 15 is 0 Å². The normalized spacial score (nSPS) is 11.0. The lowest BCUT2D eigenvalue weighted by atomic mass is 9.90. The van der Waals surface area contributed by atoms with Crippen molar-refractivity contribution < 1.29 is 23.7 Å². The van der Waals surface area contributed by atoms with Gasteiger partial charge in [-0.3, -0.25) is 24.5 Å². The van der Waals surface area contributed by atoms with Crippen LogP contribution in [0.1, 0.15) is 38.7 Å². The first-order valence-corrected chi connectivity index (χ1v) is 15.3. The van der Waals surface area contributed by atoms with E-state index in [0.29, 0.717) is 34.0 Å². The summed E-state index contributed by atoms with van der Waals surface area (Å²) >= 11 is 0. The van der Waals surface area contributed by atoms with E-state index in [1.807, 2.05) is 60.7 Å². The molecule has 0 aliphatic rings. The summed E-state index contributed by atoms with van der Waals surface area (Å²) in [6.07, 6.45) is 2.78. The SMILES string of the molecule is O=C(/C=C/c1ccc(-c2ccc([N+](=O)[O-])cc2)o1)Nc1ccc(NC(=O)C(c2ccccc2)c2ccccc2)c(C(=O)c2ccccc2)c1. The van der Waals surface area contributed by atoms with Crippen LogP contribution < -0.4 is 10.6 Å². The maximum Gasteiger partial charge on any atom is 0.269 e. The molecular formula is C40H29N3O6. The molecule has 6 aromatic rings. The number of nitro benzene ring substituents is 1. The van der Waals surface area contributed by atoms with Gasteiger partial charge < -0.3 is 15.1 Å². The predicted molar refractivity (Wildman–Crippen MR) is 188 cm³/mol. The predicted octanol–water partition coefficient (Wildman–Crippen LogP) is 8.51. The summed E-state index contributed by atoms with van der Waals surface area (Å²) in [6.45, 7) is 0. The number of anilines is 2. The van der Waals surface area contributed by atoms with Gasteiger partial charge in [-0.1, -0.05) is 91.0 Å². The van der Waals surface area contributed by atoms with E-state index in [4.69, 9.17) is 4.42 Å². The van der Waals surface area contributed by atoms with Gasteiger partial charge in [0.2, 0.25) is 11.8 Å². The lowest BCUT2D eigenvalue weighted by Gasteiger charge is -2.19. The molecule has 6 rings (SSSR count). The number of non-ortho nitro benzene ring substituents is 1. The van der Waals surface area contributed by atoms with E-state index in [9.17, 15) is 24.5 Å². The second-order valence-electron chi connectivity index (χ2n) is 11.0. The van der Waals surface area contributed by atoms with E-state index in [1.54, 1.807) is 66.7 Å². The Kier molecular flexibility index (Phi) is 9.62. The summed E-state index contributed by atoms with van der Waals surface area (Å²) in [4.78, 5) is 51.0. The van der Waals surface area contributed by atoms with Crippen LogP contribution in [0.4, 0.5) is 17.1 Å². The molecule has 9 heteroatoms. The molecule has 2 amide bonds. The Morgan fingerprint density at radius 1 is 0.694 bits per heavy atom. The molecule has 0 atom stereocenters. The van der Waals surface area contributed by atoms with Gasteiger partial charge in [-0.15, -0.1) is 0 Å². The summed E-state index contributed by atoms with van der Waals surface area (Å²) in [7, 11) is 0. The number of nitrogens with zero attached hydrogens (tertiary/aromatic N) is 1. The number of hydrogen-bond acceptors (Lipinski definition) is 6. The van der Waals surface area contributed by atoms with Gasteiger partial charge in [0.25, 0.3) is 5.69 Å². The number of nitrogens with one attached hydrogen (secondary N) is 2. The minimum atomic E-state index is -0.630. The highest BCUT2D eigenvalue weighted by atomic mass is 16.6. The number of hydrogen-bond donors (Lipinski definition) is 2. The van der Waals surface area contributed by atoms with Crippen molar-refractivity contribution in [2.24, 2.45) is 0 Å². The highest BCUT2D eigenvalue weighted by Crippen LogP contribution is 2.30. The molecule has 240 valence electrons. The highest BCUT2D eigenvalue weighted by Gasteiger charge is 2.25. The fourth-order valence-corrected chi connectivity index (χ4v) is 5.34. The molecule has 0 aliphatic carbocycles. The maximum atomic E-state index is 13.9. The van der Waals surface area contributed by atoms with Gasteiger partial charge >= 0.3 is 0 Å². The van der Waals surface area contributed by atoms with Crippen LogP contribution in [0.25, 0.3) is 17.4 Å². The van der Waals surface area contributed by atoms with Gasteiger partial charge in [0, 0.05) is 40.6 Å². The first-order valence-electron chi connectivity index (χ1n) is 15.3. The molecule has 0 radical (unpaired) electrons. The van der Waals surface area contributed by atoms with Gasteiger partial charge in [-0.25, -0.2) is 0 Å². The molecule has 9 nitrogen and oxygen atoms in total. The molecule has 0 saturated heterocycles. The minimum absolute atomic E-state index is 0.0281. The minimum Gasteiger partial charge on any atom is -0.457 e. The van der Waals surface area contributed by atoms with Crippen molar-refractivity contribution in [3.05, 3.63) is 190 Å². The summed E-state index contributed by atoms with van der Waals surface area (Å²) in [5.41, 5.74) is 3.50. The second-order valence-corrected chi connectivity index (χ2v) is 11.0. The van der Waals surface area contributed by atoms with Crippen LogP contribution in [0.15, 0.2) is 156 Å². The fraction of sp³-hybridized carbons (Fsp3) is 0.0250. The third kappa shape index (κ3) is 7.75. The summed E-state index contributed by atoms with van der Waals surface area (Å²) < 4.78 is 5.78. The van der Waals surface area contributed by atoms with E-state index in [0.717, 1.165) is 11.1 Å². The number of rotatable bonds is 11. The van der Waals surface area contributed by atoms with Crippen LogP contribution in [0, 0.1) is 10.1 Å². The van der Waals surface area contributed by atoms with Crippen LogP contribution in [0.2, 0.25) is 0 Å². The number of furan rings is 1. The molecule has 0 spiro atoms. The first-order chi connectivity index (χ1) is 23.9. The maximum absolute atomic E-state index is 13.9. The number of carbonyl (C=O) groups excluding carboxylic acids is 3. The number of benzene rings is 5. The molecule has 5 aromatic carbocycles. The van der Waals surface area contributed by atoms with Gasteiger partial charge in [-0.2, -0.15) is 0 Å². The quantitative estimate of drug-likeness (QED) is 0.0627. The average Bonchev–Trinajstić information content (AvgIpc) is 3.62. The van der Waals surface area contributed by atoms with Gasteiger partial charge in [0.05, 0.1) is 16.5 Å². The van der Waals surface area contributed by atoms with Crippen molar-refractivity contribution in [3.63, 3.8) is 0 Å². The van der Waals surface area contributed by atoms with Crippen LogP contribution in [0.3, 0.4) is 0 Å². The van der Waals surface area contributed by atoms with Gasteiger partial charge in [0.1, 0.15) is 11.5 Å². The largest absolute Gasteiger partial charge is 0.457 e. The van der Waals surface area contributed by atoms with Crippen molar-refractivity contribution in [1.29, 1.82) is 0 Å². The smallest absolute Gasteiger partial charge is 0.269 e. The van der Waals surface area contributed by atoms with Crippen molar-refractivity contribution in [2.75, 3.05) is 10.6 Å². The third-order valence-corrected chi connectivity index (χ3v) is 7.74. The molecule has 0 aliphatic heterocycles. The Morgan fingerprint density at radius 3 is 1.92 bits per heavy atom. The van der Waals surface area contributed by atoms with E-state index < -0.39 is 16.7 Å². The summed E-state index contributed by atoms with van der Waals surface area (Å²) in [5.74, 6) is -0.865. The van der Waals surface area contributed by atoms with E-state index in [2.05, 4.69) is 10.6 Å². The first kappa shape index (κ1) is 32.1. The Balaban J connectivity index is 1.23. The summed E-state index contributed by atoms with van der Waals surface area (Å²) in [5, 5.41) is 16.7. The molecule has 1 heterocycles. The fourth-order valence-electron chi connectivity index (χ4n) is 5.34. The topological polar surface area (TPSA) is 132 Å². The van der Waals surface area contributed by atoms with Crippen LogP contribution >= 0.6 is 0 Å². The number of ketones is 1. The molecule has 0 fully saturated rings. The van der Waals surface area contributed by atoms with Gasteiger partial charge in [-0.05, 0) is 59.7 Å². The Morgan fingerprint density at radius 2 is 1.31 bits per heavy atom. The van der Waals surface area contributed by atoms with Crippen molar-refractivity contribution in [2.45, 2.75) is 5.92 Å². The zero-order valence-corrected chi connectivity index (χ0v) is 26.0. The van der Waals surface area contributed by atoms with Crippen LogP contribution in [0.5, 0.6) is 0 Å². The highest BCUT2D eigenvalue weighted by molar-refractivity contribution is 6.15. The molecule has 2 N–H and O–H groups in total. The van der Waals surface area contributed by atoms with Crippen molar-refractivity contribution in [3.8, 4) is 11.3 Å². The molecule has 49 heavy (non-hydrogen) atoms. The molecule has 1 aromatic heterocycles. The number of amides is 2. The average molecular weight is 648 g/mol. The third-order valence-electron chi connectivity index (χ3n) is 7.74.